The van der Waals surface area contributed by atoms with Gasteiger partial charge in [0.15, 0.2) is 0 Å². The number of hydrogen-bond acceptors (Lipinski definition) is 3. The van der Waals surface area contributed by atoms with Crippen molar-refractivity contribution in [1.82, 2.24) is 0 Å². The molecule has 3 nitrogen and oxygen atoms in total. The van der Waals surface area contributed by atoms with Crippen LogP contribution in [0.5, 0.6) is 0 Å². The summed E-state index contributed by atoms with van der Waals surface area (Å²) in [5.41, 5.74) is 0.511. The molecule has 0 spiro atoms. The third-order valence-electron chi connectivity index (χ3n) is 2.50. The molecule has 1 aliphatic rings. The van der Waals surface area contributed by atoms with Crippen molar-refractivity contribution in [3.8, 4) is 0 Å². The quantitative estimate of drug-likeness (QED) is 0.684. The number of carbonyl (C=O) groups is 1. The number of carbonyl (C=O) groups excluding carboxylic acids is 1. The average molecular weight is 221 g/mol. The molecule has 1 atom stereocenters. The molecular weight excluding hydrogens is 209 g/mol. The van der Waals surface area contributed by atoms with Gasteiger partial charge in [-0.2, -0.15) is 0 Å². The highest BCUT2D eigenvalue weighted by molar-refractivity contribution is 6.11. The molecule has 1 aromatic carbocycles. The van der Waals surface area contributed by atoms with Gasteiger partial charge in [0.05, 0.1) is 23.6 Å². The number of esters is 1. The lowest BCUT2D eigenvalue weighted by atomic mass is 10.1. The molecule has 1 aliphatic heterocycles. The van der Waals surface area contributed by atoms with E-state index in [0.29, 0.717) is 22.8 Å². The summed E-state index contributed by atoms with van der Waals surface area (Å²) in [6.45, 7) is 3.87. The number of ether oxygens (including phenoxy) is 1. The molecule has 0 fully saturated rings. The van der Waals surface area contributed by atoms with Crippen LogP contribution in [0.2, 0.25) is 0 Å². The van der Waals surface area contributed by atoms with E-state index in [1.165, 1.54) is 12.1 Å². The van der Waals surface area contributed by atoms with Crippen molar-refractivity contribution in [3.63, 3.8) is 0 Å². The molecule has 2 rings (SSSR count). The van der Waals surface area contributed by atoms with E-state index in [-0.39, 0.29) is 17.8 Å². The maximum absolute atomic E-state index is 13.0. The van der Waals surface area contributed by atoms with E-state index in [9.17, 15) is 9.18 Å². The molecule has 4 heteroatoms. The average Bonchev–Trinajstić information content (AvgIpc) is 2.53. The predicted octanol–water partition coefficient (Wildman–Crippen LogP) is 0.561. The van der Waals surface area contributed by atoms with E-state index in [1.807, 2.05) is 0 Å². The minimum Gasteiger partial charge on any atom is -0.463 e. The summed E-state index contributed by atoms with van der Waals surface area (Å²) in [6.07, 6.45) is 0. The second-order valence-corrected chi connectivity index (χ2v) is 3.60. The number of nitrogens with zero attached hydrogens (tertiary/aromatic N) is 1. The summed E-state index contributed by atoms with van der Waals surface area (Å²) < 4.78 is 17.9. The highest BCUT2D eigenvalue weighted by Crippen LogP contribution is 2.10. The predicted molar refractivity (Wildman–Crippen MR) is 56.7 cm³/mol. The van der Waals surface area contributed by atoms with Gasteiger partial charge in [0.2, 0.25) is 0 Å². The molecule has 0 N–H and O–H groups in total. The fourth-order valence-electron chi connectivity index (χ4n) is 1.83. The molecule has 84 valence electrons. The largest absolute Gasteiger partial charge is 0.463 e. The Morgan fingerprint density at radius 3 is 3.00 bits per heavy atom. The second-order valence-electron chi connectivity index (χ2n) is 3.60. The first-order valence-corrected chi connectivity index (χ1v) is 5.18. The monoisotopic (exact) mass is 221 g/mol. The van der Waals surface area contributed by atoms with Gasteiger partial charge >= 0.3 is 5.97 Å². The fourth-order valence-corrected chi connectivity index (χ4v) is 1.83. The molecule has 0 amide bonds. The van der Waals surface area contributed by atoms with Gasteiger partial charge in [0.25, 0.3) is 0 Å². The van der Waals surface area contributed by atoms with E-state index in [2.05, 4.69) is 4.99 Å². The molecule has 0 aromatic heterocycles. The zero-order chi connectivity index (χ0) is 11.7. The van der Waals surface area contributed by atoms with Crippen molar-refractivity contribution >= 4 is 11.5 Å². The number of halogens is 1. The van der Waals surface area contributed by atoms with Crippen molar-refractivity contribution in [1.29, 1.82) is 0 Å². The Kier molecular flexibility index (Phi) is 2.73. The van der Waals surface area contributed by atoms with E-state index in [0.717, 1.165) is 0 Å². The minimum atomic E-state index is -0.371. The Labute approximate surface area is 92.3 Å². The normalized spacial score (nSPS) is 17.9. The van der Waals surface area contributed by atoms with E-state index in [4.69, 9.17) is 4.74 Å². The van der Waals surface area contributed by atoms with Gasteiger partial charge in [-0.3, -0.25) is 4.99 Å². The van der Waals surface area contributed by atoms with Crippen LogP contribution in [0.4, 0.5) is 4.39 Å². The minimum absolute atomic E-state index is 0.268. The molecule has 0 unspecified atom stereocenters. The van der Waals surface area contributed by atoms with Crippen LogP contribution < -0.4 is 10.6 Å². The Balaban J connectivity index is 2.60. The highest BCUT2D eigenvalue weighted by atomic mass is 19.1. The SMILES string of the molecule is CCOC(=O)C1=c2ccc(F)cc2=N[C@H]1C. The number of benzene rings is 1. The van der Waals surface area contributed by atoms with Crippen LogP contribution >= 0.6 is 0 Å². The lowest BCUT2D eigenvalue weighted by Crippen LogP contribution is -2.26. The fraction of sp³-hybridized carbons (Fsp3) is 0.333. The first kappa shape index (κ1) is 10.8. The third-order valence-corrected chi connectivity index (χ3v) is 2.50. The van der Waals surface area contributed by atoms with E-state index in [1.54, 1.807) is 19.9 Å². The molecule has 0 bridgehead atoms. The molecule has 0 saturated heterocycles. The highest BCUT2D eigenvalue weighted by Gasteiger charge is 2.23. The Hall–Kier alpha value is -1.71. The van der Waals surface area contributed by atoms with Crippen molar-refractivity contribution in [2.75, 3.05) is 6.61 Å². The van der Waals surface area contributed by atoms with Gasteiger partial charge in [-0.25, -0.2) is 9.18 Å². The summed E-state index contributed by atoms with van der Waals surface area (Å²) in [6, 6.07) is 3.96. The third kappa shape index (κ3) is 1.71. The van der Waals surface area contributed by atoms with Crippen molar-refractivity contribution in [3.05, 3.63) is 34.6 Å². The summed E-state index contributed by atoms with van der Waals surface area (Å²) in [7, 11) is 0. The first-order valence-electron chi connectivity index (χ1n) is 5.18. The number of fused-ring (bicyclic) bond motifs is 1. The van der Waals surface area contributed by atoms with Crippen LogP contribution in [0.15, 0.2) is 23.2 Å². The Morgan fingerprint density at radius 2 is 2.31 bits per heavy atom. The zero-order valence-electron chi connectivity index (χ0n) is 9.16. The van der Waals surface area contributed by atoms with Gasteiger partial charge in [0.1, 0.15) is 5.82 Å². The molecule has 1 heterocycles. The van der Waals surface area contributed by atoms with Crippen LogP contribution in [0, 0.1) is 5.82 Å². The van der Waals surface area contributed by atoms with Crippen LogP contribution in [0.25, 0.3) is 5.57 Å². The van der Waals surface area contributed by atoms with Gasteiger partial charge in [-0.05, 0) is 32.0 Å². The summed E-state index contributed by atoms with van der Waals surface area (Å²) in [4.78, 5) is 15.9. The smallest absolute Gasteiger partial charge is 0.336 e. The van der Waals surface area contributed by atoms with Crippen molar-refractivity contribution < 1.29 is 13.9 Å². The van der Waals surface area contributed by atoms with Crippen molar-refractivity contribution in [2.45, 2.75) is 19.9 Å². The Bertz CT molecular complexity index is 551. The van der Waals surface area contributed by atoms with Gasteiger partial charge < -0.3 is 4.74 Å². The topological polar surface area (TPSA) is 38.7 Å². The molecule has 0 radical (unpaired) electrons. The molecule has 16 heavy (non-hydrogen) atoms. The number of hydrogen-bond donors (Lipinski definition) is 0. The van der Waals surface area contributed by atoms with Gasteiger partial charge in [-0.15, -0.1) is 0 Å². The standard InChI is InChI=1S/C12H12FNO2/c1-3-16-12(15)11-7(2)14-10-6-8(13)4-5-9(10)11/h4-7H,3H2,1-2H3/t7-/m0/s1. The molecule has 0 aliphatic carbocycles. The number of rotatable bonds is 2. The summed E-state index contributed by atoms with van der Waals surface area (Å²) in [5, 5.41) is 1.20. The van der Waals surface area contributed by atoms with Crippen LogP contribution in [0.1, 0.15) is 13.8 Å². The first-order chi connectivity index (χ1) is 7.63. The zero-order valence-corrected chi connectivity index (χ0v) is 9.16. The van der Waals surface area contributed by atoms with E-state index >= 15 is 0 Å². The van der Waals surface area contributed by atoms with Crippen LogP contribution in [-0.2, 0) is 9.53 Å². The summed E-state index contributed by atoms with van der Waals surface area (Å²) in [5.74, 6) is -0.719. The molecule has 0 saturated carbocycles. The van der Waals surface area contributed by atoms with Crippen molar-refractivity contribution in [2.24, 2.45) is 4.99 Å². The van der Waals surface area contributed by atoms with Crippen LogP contribution in [0.3, 0.4) is 0 Å². The lowest BCUT2D eigenvalue weighted by molar-refractivity contribution is -0.136. The maximum atomic E-state index is 13.0. The molecular formula is C12H12FNO2. The van der Waals surface area contributed by atoms with E-state index < -0.39 is 0 Å². The van der Waals surface area contributed by atoms with Gasteiger partial charge in [0, 0.05) is 5.22 Å². The maximum Gasteiger partial charge on any atom is 0.336 e. The molecule has 1 aromatic rings. The van der Waals surface area contributed by atoms with Crippen LogP contribution in [-0.4, -0.2) is 18.6 Å². The second kappa shape index (κ2) is 4.04. The summed E-state index contributed by atoms with van der Waals surface area (Å²) >= 11 is 0. The lowest BCUT2D eigenvalue weighted by Gasteiger charge is -2.06. The Morgan fingerprint density at radius 1 is 1.56 bits per heavy atom. The van der Waals surface area contributed by atoms with Gasteiger partial charge in [-0.1, -0.05) is 0 Å².